The van der Waals surface area contributed by atoms with E-state index in [1.54, 1.807) is 0 Å². The molecular formula is C7H9ClN4O3. The fourth-order valence-electron chi connectivity index (χ4n) is 1.57. The molecule has 1 aromatic heterocycles. The van der Waals surface area contributed by atoms with Gasteiger partial charge in [0.2, 0.25) is 0 Å². The first-order chi connectivity index (χ1) is 7.09. The van der Waals surface area contributed by atoms with Gasteiger partial charge < -0.3 is 20.5 Å². The average molecular weight is 233 g/mol. The first-order valence-electron chi connectivity index (χ1n) is 4.37. The molecule has 0 saturated carbocycles. The maximum atomic E-state index is 10.5. The predicted molar refractivity (Wildman–Crippen MR) is 51.8 cm³/mol. The molecule has 1 aliphatic heterocycles. The number of aliphatic hydroxyl groups excluding tert-OH is 1. The Bertz CT molecular complexity index is 394. The van der Waals surface area contributed by atoms with Gasteiger partial charge in [-0.25, -0.2) is 0 Å². The molecule has 0 bridgehead atoms. The van der Waals surface area contributed by atoms with E-state index in [4.69, 9.17) is 11.6 Å². The van der Waals surface area contributed by atoms with Gasteiger partial charge in [0, 0.05) is 13.1 Å². The number of nitrogens with one attached hydrogen (secondary N) is 1. The highest BCUT2D eigenvalue weighted by molar-refractivity contribution is 6.32. The first-order valence-corrected chi connectivity index (χ1v) is 4.75. The van der Waals surface area contributed by atoms with Crippen molar-refractivity contribution in [2.24, 2.45) is 0 Å². The van der Waals surface area contributed by atoms with E-state index in [1.165, 1.54) is 10.9 Å². The topological polar surface area (TPSA) is 93.2 Å². The molecule has 7 nitrogen and oxygen atoms in total. The Labute approximate surface area is 89.8 Å². The zero-order valence-electron chi connectivity index (χ0n) is 7.63. The lowest BCUT2D eigenvalue weighted by atomic mass is 10.2. The van der Waals surface area contributed by atoms with Gasteiger partial charge in [-0.3, -0.25) is 0 Å². The Morgan fingerprint density at radius 1 is 1.73 bits per heavy atom. The molecule has 2 N–H and O–H groups in total. The Morgan fingerprint density at radius 2 is 2.47 bits per heavy atom. The van der Waals surface area contributed by atoms with E-state index in [-0.39, 0.29) is 16.9 Å². The van der Waals surface area contributed by atoms with Crippen LogP contribution in [0.2, 0.25) is 5.02 Å². The lowest BCUT2D eigenvalue weighted by Gasteiger charge is -2.09. The van der Waals surface area contributed by atoms with Crippen molar-refractivity contribution in [3.63, 3.8) is 0 Å². The van der Waals surface area contributed by atoms with Crippen molar-refractivity contribution in [3.05, 3.63) is 21.3 Å². The van der Waals surface area contributed by atoms with Gasteiger partial charge in [0.15, 0.2) is 5.02 Å². The molecule has 0 radical (unpaired) electrons. The standard InChI is InChI=1S/C7H9ClN4O3/c8-4-3-11(10-7(4)12(14)15)5-1-9-2-6(5)13/h3,5-6,9,13H,1-2H2. The number of hydrogen-bond donors (Lipinski definition) is 2. The van der Waals surface area contributed by atoms with Crippen LogP contribution < -0.4 is 5.32 Å². The highest BCUT2D eigenvalue weighted by Gasteiger charge is 2.32. The zero-order chi connectivity index (χ0) is 11.0. The molecule has 2 atom stereocenters. The van der Waals surface area contributed by atoms with E-state index >= 15 is 0 Å². The summed E-state index contributed by atoms with van der Waals surface area (Å²) in [6, 6.07) is -0.295. The molecule has 1 aromatic rings. The van der Waals surface area contributed by atoms with E-state index in [2.05, 4.69) is 10.4 Å². The third-order valence-electron chi connectivity index (χ3n) is 2.33. The summed E-state index contributed by atoms with van der Waals surface area (Å²) in [4.78, 5) is 9.85. The van der Waals surface area contributed by atoms with Crippen LogP contribution in [0, 0.1) is 10.1 Å². The minimum Gasteiger partial charge on any atom is -0.389 e. The number of hydrogen-bond acceptors (Lipinski definition) is 5. The minimum absolute atomic E-state index is 0.0147. The summed E-state index contributed by atoms with van der Waals surface area (Å²) in [7, 11) is 0. The average Bonchev–Trinajstić information content (AvgIpc) is 2.71. The predicted octanol–water partition coefficient (Wildman–Crippen LogP) is -0.0501. The first kappa shape index (κ1) is 10.3. The van der Waals surface area contributed by atoms with Gasteiger partial charge in [-0.2, -0.15) is 4.68 Å². The number of halogens is 1. The fraction of sp³-hybridized carbons (Fsp3) is 0.571. The van der Waals surface area contributed by atoms with Crippen molar-refractivity contribution in [3.8, 4) is 0 Å². The van der Waals surface area contributed by atoms with Gasteiger partial charge >= 0.3 is 5.82 Å². The van der Waals surface area contributed by atoms with Crippen LogP contribution in [0.1, 0.15) is 6.04 Å². The Balaban J connectivity index is 2.29. The molecule has 0 spiro atoms. The summed E-state index contributed by atoms with van der Waals surface area (Å²) in [6.45, 7) is 0.978. The summed E-state index contributed by atoms with van der Waals surface area (Å²) in [5.74, 6) is -0.379. The smallest absolute Gasteiger partial charge is 0.389 e. The van der Waals surface area contributed by atoms with E-state index in [1.807, 2.05) is 0 Å². The third kappa shape index (κ3) is 1.81. The van der Waals surface area contributed by atoms with Crippen molar-refractivity contribution in [2.45, 2.75) is 12.1 Å². The third-order valence-corrected chi connectivity index (χ3v) is 2.60. The monoisotopic (exact) mass is 232 g/mol. The lowest BCUT2D eigenvalue weighted by molar-refractivity contribution is -0.389. The molecule has 82 valence electrons. The molecule has 8 heteroatoms. The molecule has 15 heavy (non-hydrogen) atoms. The lowest BCUT2D eigenvalue weighted by Crippen LogP contribution is -2.22. The van der Waals surface area contributed by atoms with Gasteiger partial charge in [-0.1, -0.05) is 11.6 Å². The van der Waals surface area contributed by atoms with Crippen LogP contribution in [0.3, 0.4) is 0 Å². The van der Waals surface area contributed by atoms with E-state index in [9.17, 15) is 15.2 Å². The molecule has 1 saturated heterocycles. The molecule has 0 amide bonds. The quantitative estimate of drug-likeness (QED) is 0.551. The van der Waals surface area contributed by atoms with Crippen LogP contribution in [0.4, 0.5) is 5.82 Å². The zero-order valence-corrected chi connectivity index (χ0v) is 8.39. The molecule has 1 fully saturated rings. The van der Waals surface area contributed by atoms with Crippen LogP contribution >= 0.6 is 11.6 Å². The minimum atomic E-state index is -0.645. The summed E-state index contributed by atoms with van der Waals surface area (Å²) in [5.41, 5.74) is 0. The van der Waals surface area contributed by atoms with Gasteiger partial charge in [-0.05, 0) is 4.92 Å². The van der Waals surface area contributed by atoms with Gasteiger partial charge in [0.25, 0.3) is 0 Å². The highest BCUT2D eigenvalue weighted by atomic mass is 35.5. The molecular weight excluding hydrogens is 224 g/mol. The van der Waals surface area contributed by atoms with Crippen LogP contribution in [0.15, 0.2) is 6.20 Å². The number of β-amino-alcohol motifs (C(OH)–C–C–N with tert-alkyl or cyclic N) is 1. The largest absolute Gasteiger partial charge is 0.408 e. The van der Waals surface area contributed by atoms with Crippen molar-refractivity contribution in [2.75, 3.05) is 13.1 Å². The number of aromatic nitrogens is 2. The van der Waals surface area contributed by atoms with Crippen molar-refractivity contribution in [1.82, 2.24) is 15.1 Å². The second-order valence-electron chi connectivity index (χ2n) is 3.33. The van der Waals surface area contributed by atoms with E-state index in [0.29, 0.717) is 13.1 Å². The number of nitrogens with zero attached hydrogens (tertiary/aromatic N) is 3. The van der Waals surface area contributed by atoms with Crippen LogP contribution in [-0.2, 0) is 0 Å². The van der Waals surface area contributed by atoms with E-state index < -0.39 is 11.0 Å². The maximum Gasteiger partial charge on any atom is 0.408 e. The number of nitro groups is 1. The Kier molecular flexibility index (Phi) is 2.59. The highest BCUT2D eigenvalue weighted by Crippen LogP contribution is 2.25. The molecule has 2 rings (SSSR count). The summed E-state index contributed by atoms with van der Waals surface area (Å²) >= 11 is 5.64. The number of rotatable bonds is 2. The van der Waals surface area contributed by atoms with Crippen LogP contribution in [0.25, 0.3) is 0 Å². The Morgan fingerprint density at radius 3 is 2.93 bits per heavy atom. The fourth-order valence-corrected chi connectivity index (χ4v) is 1.78. The molecule has 2 unspecified atom stereocenters. The molecule has 2 heterocycles. The van der Waals surface area contributed by atoms with Crippen molar-refractivity contribution < 1.29 is 10.0 Å². The SMILES string of the molecule is O=[N+]([O-])c1nn(C2CNCC2O)cc1Cl. The maximum absolute atomic E-state index is 10.5. The van der Waals surface area contributed by atoms with Crippen LogP contribution in [0.5, 0.6) is 0 Å². The summed E-state index contributed by atoms with van der Waals surface area (Å²) in [6.07, 6.45) is 0.765. The second-order valence-corrected chi connectivity index (χ2v) is 3.74. The summed E-state index contributed by atoms with van der Waals surface area (Å²) in [5, 5.41) is 26.7. The van der Waals surface area contributed by atoms with Crippen molar-refractivity contribution in [1.29, 1.82) is 0 Å². The van der Waals surface area contributed by atoms with Gasteiger partial charge in [0.05, 0.1) is 17.4 Å². The van der Waals surface area contributed by atoms with Crippen molar-refractivity contribution >= 4 is 17.4 Å². The Hall–Kier alpha value is -1.18. The van der Waals surface area contributed by atoms with E-state index in [0.717, 1.165) is 0 Å². The van der Waals surface area contributed by atoms with Crippen LogP contribution in [-0.4, -0.2) is 39.0 Å². The number of aliphatic hydroxyl groups is 1. The normalized spacial score (nSPS) is 25.7. The second kappa shape index (κ2) is 3.76. The van der Waals surface area contributed by atoms with Gasteiger partial charge in [-0.15, -0.1) is 0 Å². The molecule has 1 aliphatic rings. The van der Waals surface area contributed by atoms with Gasteiger partial charge in [0.1, 0.15) is 6.04 Å². The molecule has 0 aromatic carbocycles. The summed E-state index contributed by atoms with van der Waals surface area (Å²) < 4.78 is 1.34. The molecule has 0 aliphatic carbocycles.